The van der Waals surface area contributed by atoms with Gasteiger partial charge in [-0.2, -0.15) is 0 Å². The highest BCUT2D eigenvalue weighted by molar-refractivity contribution is 5.99. The molecular weight excluding hydrogens is 811 g/mol. The van der Waals surface area contributed by atoms with Crippen LogP contribution in [0.1, 0.15) is 103 Å². The molecule has 9 aromatic carbocycles. The van der Waals surface area contributed by atoms with E-state index in [4.69, 9.17) is 0 Å². The molecule has 0 bridgehead atoms. The molecule has 67 heavy (non-hydrogen) atoms. The van der Waals surface area contributed by atoms with Crippen LogP contribution in [-0.2, 0) is 11.8 Å². The molecule has 0 saturated carbocycles. The van der Waals surface area contributed by atoms with E-state index in [1.165, 1.54) is 129 Å². The van der Waals surface area contributed by atoms with Crippen LogP contribution in [0, 0.1) is 27.7 Å². The molecular formula is C64H63N3. The van der Waals surface area contributed by atoms with Crippen molar-refractivity contribution in [2.75, 3.05) is 21.7 Å². The summed E-state index contributed by atoms with van der Waals surface area (Å²) in [6, 6.07) is 63.1. The van der Waals surface area contributed by atoms with Crippen LogP contribution >= 0.6 is 0 Å². The van der Waals surface area contributed by atoms with E-state index < -0.39 is 0 Å². The number of para-hydroxylation sites is 1. The molecule has 0 fully saturated rings. The van der Waals surface area contributed by atoms with Crippen LogP contribution in [0.5, 0.6) is 0 Å². The van der Waals surface area contributed by atoms with Gasteiger partial charge in [0.2, 0.25) is 0 Å². The molecule has 3 aliphatic heterocycles. The topological polar surface area (TPSA) is 9.72 Å². The van der Waals surface area contributed by atoms with Gasteiger partial charge in [0, 0.05) is 53.2 Å². The summed E-state index contributed by atoms with van der Waals surface area (Å²) in [5, 5.41) is 5.12. The van der Waals surface area contributed by atoms with Crippen LogP contribution < -0.4 is 14.7 Å². The largest absolute Gasteiger partial charge is 0.345 e. The van der Waals surface area contributed by atoms with Gasteiger partial charge in [0.1, 0.15) is 0 Å². The molecule has 0 amide bonds. The Balaban J connectivity index is 0.000000350. The second-order valence-corrected chi connectivity index (χ2v) is 19.8. The van der Waals surface area contributed by atoms with Gasteiger partial charge < -0.3 is 14.7 Å². The number of hydrogen-bond acceptors (Lipinski definition) is 3. The molecule has 0 radical (unpaired) electrons. The summed E-state index contributed by atoms with van der Waals surface area (Å²) in [6.07, 6.45) is 2.16. The number of hydrogen-bond donors (Lipinski definition) is 0. The minimum atomic E-state index is -0.157. The lowest BCUT2D eigenvalue weighted by molar-refractivity contribution is 0.623. The van der Waals surface area contributed by atoms with Gasteiger partial charge in [-0.25, -0.2) is 0 Å². The van der Waals surface area contributed by atoms with Gasteiger partial charge >= 0.3 is 0 Å². The number of fused-ring (bicyclic) bond motifs is 2. The van der Waals surface area contributed by atoms with E-state index in [1.54, 1.807) is 0 Å². The lowest BCUT2D eigenvalue weighted by Crippen LogP contribution is -2.37. The van der Waals surface area contributed by atoms with Gasteiger partial charge in [-0.05, 0) is 166 Å². The van der Waals surface area contributed by atoms with Crippen LogP contribution in [0.2, 0.25) is 0 Å². The zero-order chi connectivity index (χ0) is 46.7. The fourth-order valence-corrected chi connectivity index (χ4v) is 11.1. The number of anilines is 8. The van der Waals surface area contributed by atoms with Crippen molar-refractivity contribution in [3.05, 3.63) is 225 Å². The lowest BCUT2D eigenvalue weighted by atomic mass is 9.67. The summed E-state index contributed by atoms with van der Waals surface area (Å²) in [6.45, 7) is 20.4. The first-order chi connectivity index (χ1) is 32.3. The van der Waals surface area contributed by atoms with E-state index in [2.05, 4.69) is 254 Å². The molecule has 0 aromatic heterocycles. The fourth-order valence-electron chi connectivity index (χ4n) is 11.1. The highest BCUT2D eigenvalue weighted by atomic mass is 15.2. The summed E-state index contributed by atoms with van der Waals surface area (Å²) in [4.78, 5) is 7.54. The third-order valence-electron chi connectivity index (χ3n) is 14.1. The Hall–Kier alpha value is -7.10. The molecule has 3 heterocycles. The fraction of sp³-hybridized carbons (Fsp3) is 0.219. The number of rotatable bonds is 5. The molecule has 0 saturated heterocycles. The van der Waals surface area contributed by atoms with Gasteiger partial charge in [-0.15, -0.1) is 0 Å². The average molecular weight is 874 g/mol. The average Bonchev–Trinajstić information content (AvgIpc) is 3.31. The van der Waals surface area contributed by atoms with Crippen LogP contribution in [0.25, 0.3) is 21.5 Å². The monoisotopic (exact) mass is 874 g/mol. The van der Waals surface area contributed by atoms with Crippen molar-refractivity contribution in [2.45, 2.75) is 86.5 Å². The minimum Gasteiger partial charge on any atom is -0.345 e. The standard InChI is InChI=1S/C51H47N3.C10H8.C3H8/c1-30-18-31(2)21-40(20-30)52(8)41-27-45-34(5)44-28-43(53(42-22-32(3)19-33(4)23-42)39-17-16-35-12-9-10-13-36(35)25-39)26-38-24-37-14-11-15-46-49(37)54(48(38)44)50(45)47(29-41)51(46,6)7;1-2-6-10-8-4-3-7-9(10)5-1;1-3-2/h9-23,25-29,34H,24H2,1-8H3;1-8H;3H2,1-2H3. The van der Waals surface area contributed by atoms with E-state index in [1.807, 2.05) is 0 Å². The SMILES string of the molecule is CCC.Cc1cc(C)cc(N(C)c2cc3c4c(c2)C(C)(C)c2cccc5c2N4c2c(cc(N(c4cc(C)cc(C)c4)c4ccc6ccccc6c4)cc2C3C)C5)c1.c1ccc2ccccc2c1. The van der Waals surface area contributed by atoms with Gasteiger partial charge in [0.15, 0.2) is 0 Å². The zero-order valence-electron chi connectivity index (χ0n) is 41.0. The van der Waals surface area contributed by atoms with Crippen molar-refractivity contribution in [2.24, 2.45) is 0 Å². The van der Waals surface area contributed by atoms with Crippen molar-refractivity contribution in [1.82, 2.24) is 0 Å². The molecule has 3 nitrogen and oxygen atoms in total. The molecule has 9 aromatic rings. The maximum absolute atomic E-state index is 2.66. The van der Waals surface area contributed by atoms with Crippen molar-refractivity contribution < 1.29 is 0 Å². The molecule has 334 valence electrons. The molecule has 0 spiro atoms. The quantitative estimate of drug-likeness (QED) is 0.171. The van der Waals surface area contributed by atoms with E-state index in [9.17, 15) is 0 Å². The molecule has 12 rings (SSSR count). The summed E-state index contributed by atoms with van der Waals surface area (Å²) in [7, 11) is 2.23. The maximum Gasteiger partial charge on any atom is 0.0542 e. The Morgan fingerprint density at radius 1 is 0.463 bits per heavy atom. The Morgan fingerprint density at radius 3 is 1.55 bits per heavy atom. The summed E-state index contributed by atoms with van der Waals surface area (Å²) in [5.41, 5.74) is 23.5. The second kappa shape index (κ2) is 17.3. The number of nitrogens with zero attached hydrogens (tertiary/aromatic N) is 3. The first-order valence-electron chi connectivity index (χ1n) is 24.2. The van der Waals surface area contributed by atoms with Crippen LogP contribution in [-0.4, -0.2) is 7.05 Å². The van der Waals surface area contributed by atoms with Crippen molar-refractivity contribution >= 4 is 67.0 Å². The van der Waals surface area contributed by atoms with E-state index >= 15 is 0 Å². The Labute approximate surface area is 399 Å². The molecule has 3 aliphatic rings. The Morgan fingerprint density at radius 2 is 0.955 bits per heavy atom. The van der Waals surface area contributed by atoms with Crippen molar-refractivity contribution in [3.63, 3.8) is 0 Å². The normalized spacial score (nSPS) is 14.4. The molecule has 0 aliphatic carbocycles. The molecule has 1 atom stereocenters. The Bertz CT molecular complexity index is 3250. The third-order valence-corrected chi connectivity index (χ3v) is 14.1. The van der Waals surface area contributed by atoms with E-state index in [-0.39, 0.29) is 11.3 Å². The van der Waals surface area contributed by atoms with Crippen molar-refractivity contribution in [1.29, 1.82) is 0 Å². The highest BCUT2D eigenvalue weighted by Gasteiger charge is 2.46. The van der Waals surface area contributed by atoms with Crippen molar-refractivity contribution in [3.8, 4) is 0 Å². The third kappa shape index (κ3) is 7.75. The first kappa shape index (κ1) is 43.8. The molecule has 1 unspecified atom stereocenters. The number of aryl methyl sites for hydroxylation is 4. The van der Waals surface area contributed by atoms with Gasteiger partial charge in [-0.3, -0.25) is 0 Å². The predicted octanol–water partition coefficient (Wildman–Crippen LogP) is 18.0. The van der Waals surface area contributed by atoms with Gasteiger partial charge in [0.05, 0.1) is 17.1 Å². The highest BCUT2D eigenvalue weighted by Crippen LogP contribution is 2.63. The summed E-state index contributed by atoms with van der Waals surface area (Å²) >= 11 is 0. The second-order valence-electron chi connectivity index (χ2n) is 19.8. The summed E-state index contributed by atoms with van der Waals surface area (Å²) < 4.78 is 0. The minimum absolute atomic E-state index is 0.157. The van der Waals surface area contributed by atoms with Gasteiger partial charge in [0.25, 0.3) is 0 Å². The number of benzene rings is 9. The van der Waals surface area contributed by atoms with Crippen LogP contribution in [0.3, 0.4) is 0 Å². The van der Waals surface area contributed by atoms with E-state index in [0.717, 1.165) is 6.42 Å². The van der Waals surface area contributed by atoms with Crippen LogP contribution in [0.15, 0.2) is 170 Å². The lowest BCUT2D eigenvalue weighted by Gasteiger charge is -2.50. The first-order valence-corrected chi connectivity index (χ1v) is 24.2. The molecule has 0 N–H and O–H groups in total. The maximum atomic E-state index is 2.66. The smallest absolute Gasteiger partial charge is 0.0542 e. The molecule has 3 heteroatoms. The summed E-state index contributed by atoms with van der Waals surface area (Å²) in [5.74, 6) is 0.191. The van der Waals surface area contributed by atoms with Gasteiger partial charge in [-0.1, -0.05) is 150 Å². The van der Waals surface area contributed by atoms with Crippen LogP contribution in [0.4, 0.5) is 45.5 Å². The predicted molar refractivity (Wildman–Crippen MR) is 289 cm³/mol. The Kier molecular flexibility index (Phi) is 11.3. The van der Waals surface area contributed by atoms with E-state index in [0.29, 0.717) is 0 Å². The zero-order valence-corrected chi connectivity index (χ0v) is 41.0.